The van der Waals surface area contributed by atoms with Gasteiger partial charge in [-0.05, 0) is 19.3 Å². The Morgan fingerprint density at radius 3 is 2.50 bits per heavy atom. The summed E-state index contributed by atoms with van der Waals surface area (Å²) in [4.78, 5) is 10.6. The van der Waals surface area contributed by atoms with Crippen molar-refractivity contribution in [3.8, 4) is 0 Å². The highest BCUT2D eigenvalue weighted by atomic mass is 16.3. The highest BCUT2D eigenvalue weighted by molar-refractivity contribution is 5.75. The molecule has 0 aromatic heterocycles. The summed E-state index contributed by atoms with van der Waals surface area (Å²) in [6.07, 6.45) is 2.53. The summed E-state index contributed by atoms with van der Waals surface area (Å²) in [6, 6.07) is 0. The molecule has 0 aromatic carbocycles. The summed E-state index contributed by atoms with van der Waals surface area (Å²) >= 11 is 0. The van der Waals surface area contributed by atoms with Crippen molar-refractivity contribution in [2.45, 2.75) is 33.1 Å². The fraction of sp³-hybridized carbons (Fsp3) is 0.875. The number of aliphatic hydroxyl groups is 1. The predicted octanol–water partition coefficient (Wildman–Crippen LogP) is 1.37. The molecule has 60 valence electrons. The number of carbonyl (C=O) groups is 1. The molecule has 0 saturated carbocycles. The molecule has 0 heterocycles. The van der Waals surface area contributed by atoms with Crippen LogP contribution in [-0.2, 0) is 4.79 Å². The van der Waals surface area contributed by atoms with E-state index in [4.69, 9.17) is 5.11 Å². The quantitative estimate of drug-likeness (QED) is 0.632. The fourth-order valence-corrected chi connectivity index (χ4v) is 1.07. The van der Waals surface area contributed by atoms with Gasteiger partial charge in [0.25, 0.3) is 0 Å². The molecule has 0 saturated heterocycles. The van der Waals surface area contributed by atoms with Crippen molar-refractivity contribution in [3.63, 3.8) is 0 Å². The van der Waals surface area contributed by atoms with Crippen LogP contribution in [0.15, 0.2) is 0 Å². The lowest BCUT2D eigenvalue weighted by atomic mass is 9.99. The average Bonchev–Trinajstić information content (AvgIpc) is 1.86. The molecule has 1 N–H and O–H groups in total. The highest BCUT2D eigenvalue weighted by Gasteiger charge is 2.07. The van der Waals surface area contributed by atoms with Crippen molar-refractivity contribution in [1.82, 2.24) is 0 Å². The van der Waals surface area contributed by atoms with E-state index in [1.54, 1.807) is 6.92 Å². The van der Waals surface area contributed by atoms with E-state index in [9.17, 15) is 4.79 Å². The number of ketones is 1. The van der Waals surface area contributed by atoms with Gasteiger partial charge in [0.1, 0.15) is 5.78 Å². The van der Waals surface area contributed by atoms with E-state index in [1.807, 2.05) is 0 Å². The second-order valence-electron chi connectivity index (χ2n) is 2.74. The lowest BCUT2D eigenvalue weighted by Gasteiger charge is -2.09. The zero-order chi connectivity index (χ0) is 7.98. The highest BCUT2D eigenvalue weighted by Crippen LogP contribution is 2.09. The molecular formula is C8H16O2. The van der Waals surface area contributed by atoms with E-state index in [0.717, 1.165) is 12.8 Å². The molecule has 0 fully saturated rings. The van der Waals surface area contributed by atoms with Crippen LogP contribution in [0, 0.1) is 5.92 Å². The Kier molecular flexibility index (Phi) is 5.22. The van der Waals surface area contributed by atoms with Crippen LogP contribution in [0.1, 0.15) is 33.1 Å². The average molecular weight is 144 g/mol. The normalized spacial score (nSPS) is 13.1. The molecular weight excluding hydrogens is 128 g/mol. The summed E-state index contributed by atoms with van der Waals surface area (Å²) in [5.74, 6) is 0.370. The summed E-state index contributed by atoms with van der Waals surface area (Å²) in [7, 11) is 0. The van der Waals surface area contributed by atoms with Crippen LogP contribution >= 0.6 is 0 Å². The first-order valence-electron chi connectivity index (χ1n) is 3.81. The standard InChI is InChI=1S/C8H16O2/c1-3-4-8(6-9)5-7(2)10/h8-9H,3-6H2,1-2H3. The first kappa shape index (κ1) is 9.63. The monoisotopic (exact) mass is 144 g/mol. The second-order valence-corrected chi connectivity index (χ2v) is 2.74. The number of Topliss-reactive ketones (excluding diaryl/α,β-unsaturated/α-hetero) is 1. The van der Waals surface area contributed by atoms with Crippen LogP contribution in [0.4, 0.5) is 0 Å². The Hall–Kier alpha value is -0.370. The molecule has 1 atom stereocenters. The van der Waals surface area contributed by atoms with Crippen molar-refractivity contribution in [3.05, 3.63) is 0 Å². The minimum atomic E-state index is 0.146. The first-order chi connectivity index (χ1) is 4.70. The van der Waals surface area contributed by atoms with Gasteiger partial charge >= 0.3 is 0 Å². The van der Waals surface area contributed by atoms with Gasteiger partial charge in [-0.2, -0.15) is 0 Å². The van der Waals surface area contributed by atoms with Crippen LogP contribution in [0.2, 0.25) is 0 Å². The predicted molar refractivity (Wildman–Crippen MR) is 40.8 cm³/mol. The van der Waals surface area contributed by atoms with Crippen LogP contribution in [0.3, 0.4) is 0 Å². The maximum absolute atomic E-state index is 10.6. The van der Waals surface area contributed by atoms with Gasteiger partial charge in [0.05, 0.1) is 0 Å². The summed E-state index contributed by atoms with van der Waals surface area (Å²) in [5.41, 5.74) is 0. The molecule has 0 spiro atoms. The summed E-state index contributed by atoms with van der Waals surface area (Å²) in [6.45, 7) is 3.77. The Bertz CT molecular complexity index is 99.4. The van der Waals surface area contributed by atoms with Gasteiger partial charge in [-0.15, -0.1) is 0 Å². The summed E-state index contributed by atoms with van der Waals surface area (Å²) in [5, 5.41) is 8.75. The minimum Gasteiger partial charge on any atom is -0.396 e. The first-order valence-corrected chi connectivity index (χ1v) is 3.81. The molecule has 10 heavy (non-hydrogen) atoms. The van der Waals surface area contributed by atoms with E-state index in [-0.39, 0.29) is 18.3 Å². The molecule has 0 bridgehead atoms. The third-order valence-corrected chi connectivity index (χ3v) is 1.53. The zero-order valence-electron chi connectivity index (χ0n) is 6.76. The maximum atomic E-state index is 10.6. The van der Waals surface area contributed by atoms with Crippen molar-refractivity contribution >= 4 is 5.78 Å². The van der Waals surface area contributed by atoms with Gasteiger partial charge in [0, 0.05) is 13.0 Å². The topological polar surface area (TPSA) is 37.3 Å². The Morgan fingerprint density at radius 1 is 1.60 bits per heavy atom. The Balaban J connectivity index is 3.49. The molecule has 1 unspecified atom stereocenters. The molecule has 0 amide bonds. The van der Waals surface area contributed by atoms with E-state index in [0.29, 0.717) is 6.42 Å². The van der Waals surface area contributed by atoms with E-state index >= 15 is 0 Å². The van der Waals surface area contributed by atoms with Crippen molar-refractivity contribution in [2.24, 2.45) is 5.92 Å². The minimum absolute atomic E-state index is 0.146. The number of carbonyl (C=O) groups excluding carboxylic acids is 1. The van der Waals surface area contributed by atoms with E-state index in [1.165, 1.54) is 0 Å². The molecule has 0 aromatic rings. The number of aliphatic hydroxyl groups excluding tert-OH is 1. The van der Waals surface area contributed by atoms with Gasteiger partial charge in [0.15, 0.2) is 0 Å². The lowest BCUT2D eigenvalue weighted by molar-refractivity contribution is -0.118. The largest absolute Gasteiger partial charge is 0.396 e. The van der Waals surface area contributed by atoms with Gasteiger partial charge in [-0.1, -0.05) is 13.3 Å². The third-order valence-electron chi connectivity index (χ3n) is 1.53. The molecule has 2 heteroatoms. The van der Waals surface area contributed by atoms with Crippen LogP contribution in [-0.4, -0.2) is 17.5 Å². The van der Waals surface area contributed by atoms with Gasteiger partial charge < -0.3 is 9.90 Å². The summed E-state index contributed by atoms with van der Waals surface area (Å²) < 4.78 is 0. The SMILES string of the molecule is CCCC(CO)CC(C)=O. The number of hydrogen-bond acceptors (Lipinski definition) is 2. The van der Waals surface area contributed by atoms with Gasteiger partial charge in [-0.3, -0.25) is 0 Å². The maximum Gasteiger partial charge on any atom is 0.130 e. The second kappa shape index (κ2) is 5.42. The molecule has 0 aliphatic heterocycles. The molecule has 0 aliphatic carbocycles. The smallest absolute Gasteiger partial charge is 0.130 e. The van der Waals surface area contributed by atoms with Gasteiger partial charge in [-0.25, -0.2) is 0 Å². The fourth-order valence-electron chi connectivity index (χ4n) is 1.07. The number of hydrogen-bond donors (Lipinski definition) is 1. The van der Waals surface area contributed by atoms with Crippen molar-refractivity contribution in [1.29, 1.82) is 0 Å². The molecule has 2 nitrogen and oxygen atoms in total. The van der Waals surface area contributed by atoms with Crippen molar-refractivity contribution < 1.29 is 9.90 Å². The lowest BCUT2D eigenvalue weighted by Crippen LogP contribution is -2.09. The zero-order valence-corrected chi connectivity index (χ0v) is 6.76. The van der Waals surface area contributed by atoms with E-state index in [2.05, 4.69) is 6.92 Å². The Labute approximate surface area is 62.2 Å². The van der Waals surface area contributed by atoms with Crippen LogP contribution < -0.4 is 0 Å². The van der Waals surface area contributed by atoms with Crippen LogP contribution in [0.25, 0.3) is 0 Å². The van der Waals surface area contributed by atoms with Crippen molar-refractivity contribution in [2.75, 3.05) is 6.61 Å². The number of rotatable bonds is 5. The molecule has 0 aliphatic rings. The van der Waals surface area contributed by atoms with E-state index < -0.39 is 0 Å². The third kappa shape index (κ3) is 4.50. The van der Waals surface area contributed by atoms with Gasteiger partial charge in [0.2, 0.25) is 0 Å². The van der Waals surface area contributed by atoms with Crippen LogP contribution in [0.5, 0.6) is 0 Å². The Morgan fingerprint density at radius 2 is 2.20 bits per heavy atom. The molecule has 0 radical (unpaired) electrons. The molecule has 0 rings (SSSR count).